The Hall–Kier alpha value is -3.67. The molecule has 154 valence electrons. The van der Waals surface area contributed by atoms with Crippen LogP contribution in [0.1, 0.15) is 21.6 Å². The van der Waals surface area contributed by atoms with Gasteiger partial charge in [-0.1, -0.05) is 12.1 Å². The molecular weight excluding hydrogens is 376 g/mol. The number of anilines is 3. The van der Waals surface area contributed by atoms with Gasteiger partial charge >= 0.3 is 0 Å². The summed E-state index contributed by atoms with van der Waals surface area (Å²) in [5.41, 5.74) is 4.91. The molecule has 6 heteroatoms. The monoisotopic (exact) mass is 402 g/mol. The van der Waals surface area contributed by atoms with Crippen LogP contribution in [0, 0.1) is 6.92 Å². The quantitative estimate of drug-likeness (QED) is 0.559. The van der Waals surface area contributed by atoms with Crippen molar-refractivity contribution >= 4 is 29.3 Å². The van der Waals surface area contributed by atoms with Gasteiger partial charge in [-0.2, -0.15) is 0 Å². The van der Waals surface area contributed by atoms with Crippen LogP contribution >= 0.6 is 0 Å². The smallest absolute Gasteiger partial charge is 0.257 e. The lowest BCUT2D eigenvalue weighted by molar-refractivity contribution is -0.108. The number of aldehydes is 1. The summed E-state index contributed by atoms with van der Waals surface area (Å²) in [4.78, 5) is 30.4. The minimum atomic E-state index is -0.379. The van der Waals surface area contributed by atoms with Gasteiger partial charge in [-0.15, -0.1) is 0 Å². The predicted molar refractivity (Wildman–Crippen MR) is 121 cm³/mol. The van der Waals surface area contributed by atoms with Crippen LogP contribution in [0.3, 0.4) is 0 Å². The maximum Gasteiger partial charge on any atom is 0.257 e. The second-order valence-electron chi connectivity index (χ2n) is 7.36. The van der Waals surface area contributed by atoms with Gasteiger partial charge in [0.2, 0.25) is 0 Å². The fraction of sp³-hybridized carbons (Fsp3) is 0.208. The number of benzene rings is 2. The molecular formula is C24H26N4O2. The molecule has 0 saturated carbocycles. The Labute approximate surface area is 177 Å². The molecule has 30 heavy (non-hydrogen) atoms. The lowest BCUT2D eigenvalue weighted by Gasteiger charge is -2.18. The van der Waals surface area contributed by atoms with E-state index < -0.39 is 0 Å². The van der Waals surface area contributed by atoms with Gasteiger partial charge in [0.25, 0.3) is 5.91 Å². The van der Waals surface area contributed by atoms with Crippen LogP contribution in [0.5, 0.6) is 0 Å². The van der Waals surface area contributed by atoms with E-state index in [1.54, 1.807) is 6.20 Å². The van der Waals surface area contributed by atoms with Crippen LogP contribution < -0.4 is 15.5 Å². The van der Waals surface area contributed by atoms with E-state index in [0.29, 0.717) is 17.7 Å². The van der Waals surface area contributed by atoms with E-state index in [4.69, 9.17) is 0 Å². The predicted octanol–water partition coefficient (Wildman–Crippen LogP) is 3.93. The Bertz CT molecular complexity index is 1000. The van der Waals surface area contributed by atoms with Gasteiger partial charge in [-0.3, -0.25) is 9.78 Å². The fourth-order valence-corrected chi connectivity index (χ4v) is 3.14. The summed E-state index contributed by atoms with van der Waals surface area (Å²) in [5.74, 6) is -0.166. The highest BCUT2D eigenvalue weighted by Crippen LogP contribution is 2.22. The molecule has 0 aliphatic heterocycles. The molecule has 0 aliphatic carbocycles. The van der Waals surface area contributed by atoms with Crippen LogP contribution in [0.4, 0.5) is 17.1 Å². The molecule has 1 aromatic heterocycles. The highest BCUT2D eigenvalue weighted by molar-refractivity contribution is 6.08. The molecule has 1 atom stereocenters. The molecule has 2 aromatic carbocycles. The highest BCUT2D eigenvalue weighted by atomic mass is 16.1. The average Bonchev–Trinajstić information content (AvgIpc) is 2.75. The third kappa shape index (κ3) is 5.44. The van der Waals surface area contributed by atoms with Crippen molar-refractivity contribution < 1.29 is 9.59 Å². The van der Waals surface area contributed by atoms with Crippen molar-refractivity contribution in [2.24, 2.45) is 0 Å². The fourth-order valence-electron chi connectivity index (χ4n) is 3.14. The number of carbonyl (C=O) groups excluding carboxylic acids is 2. The first-order valence-corrected chi connectivity index (χ1v) is 9.77. The molecule has 3 aromatic rings. The second kappa shape index (κ2) is 9.69. The van der Waals surface area contributed by atoms with E-state index in [1.807, 2.05) is 86.6 Å². The maximum atomic E-state index is 12.8. The number of carbonyl (C=O) groups is 2. The highest BCUT2D eigenvalue weighted by Gasteiger charge is 2.14. The van der Waals surface area contributed by atoms with Crippen LogP contribution in [0.25, 0.3) is 0 Å². The second-order valence-corrected chi connectivity index (χ2v) is 7.36. The van der Waals surface area contributed by atoms with Crippen molar-refractivity contribution in [2.45, 2.75) is 19.4 Å². The summed E-state index contributed by atoms with van der Waals surface area (Å²) in [6.07, 6.45) is 3.10. The molecule has 1 amide bonds. The summed E-state index contributed by atoms with van der Waals surface area (Å²) in [5, 5.41) is 6.13. The van der Waals surface area contributed by atoms with E-state index in [9.17, 15) is 9.59 Å². The Kier molecular flexibility index (Phi) is 6.80. The van der Waals surface area contributed by atoms with Crippen molar-refractivity contribution in [3.63, 3.8) is 0 Å². The summed E-state index contributed by atoms with van der Waals surface area (Å²) in [6.45, 7) is 2.00. The SMILES string of the molecule is Cc1ccc(C(=O)Nc2ccc(NC(C=O)Cc3ccccn3)cc2)c(N(C)C)c1. The van der Waals surface area contributed by atoms with E-state index in [1.165, 1.54) is 0 Å². The summed E-state index contributed by atoms with van der Waals surface area (Å²) < 4.78 is 0. The van der Waals surface area contributed by atoms with Crippen LogP contribution in [-0.4, -0.2) is 37.3 Å². The molecule has 0 fully saturated rings. The number of aromatic nitrogens is 1. The molecule has 0 radical (unpaired) electrons. The number of hydrogen-bond donors (Lipinski definition) is 2. The molecule has 2 N–H and O–H groups in total. The lowest BCUT2D eigenvalue weighted by Crippen LogP contribution is -2.24. The van der Waals surface area contributed by atoms with E-state index >= 15 is 0 Å². The number of nitrogens with one attached hydrogen (secondary N) is 2. The molecule has 0 saturated heterocycles. The van der Waals surface area contributed by atoms with Crippen molar-refractivity contribution in [3.05, 3.63) is 83.7 Å². The zero-order chi connectivity index (χ0) is 21.5. The van der Waals surface area contributed by atoms with Gasteiger partial charge in [-0.05, 0) is 61.0 Å². The van der Waals surface area contributed by atoms with Gasteiger partial charge in [0.15, 0.2) is 0 Å². The molecule has 0 aliphatic rings. The van der Waals surface area contributed by atoms with Crippen molar-refractivity contribution in [1.29, 1.82) is 0 Å². The zero-order valence-electron chi connectivity index (χ0n) is 17.4. The third-order valence-electron chi connectivity index (χ3n) is 4.69. The molecule has 3 rings (SSSR count). The first-order chi connectivity index (χ1) is 14.5. The minimum Gasteiger partial charge on any atom is -0.377 e. The molecule has 1 unspecified atom stereocenters. The number of nitrogens with zero attached hydrogens (tertiary/aromatic N) is 2. The number of pyridine rings is 1. The topological polar surface area (TPSA) is 74.3 Å². The minimum absolute atomic E-state index is 0.166. The van der Waals surface area contributed by atoms with Crippen molar-refractivity contribution in [3.8, 4) is 0 Å². The van der Waals surface area contributed by atoms with Crippen LogP contribution in [-0.2, 0) is 11.2 Å². The summed E-state index contributed by atoms with van der Waals surface area (Å²) in [6, 6.07) is 18.3. The van der Waals surface area contributed by atoms with Gasteiger partial charge in [0, 0.05) is 49.5 Å². The molecule has 6 nitrogen and oxygen atoms in total. The first-order valence-electron chi connectivity index (χ1n) is 9.77. The average molecular weight is 402 g/mol. The van der Waals surface area contributed by atoms with Gasteiger partial charge in [-0.25, -0.2) is 0 Å². The summed E-state index contributed by atoms with van der Waals surface area (Å²) >= 11 is 0. The Morgan fingerprint density at radius 1 is 1.07 bits per heavy atom. The standard InChI is InChI=1S/C24H26N4O2/c1-17-7-12-22(23(14-17)28(2)3)24(30)27-19-10-8-18(9-11-19)26-21(16-29)15-20-6-4-5-13-25-20/h4-14,16,21,26H,15H2,1-3H3,(H,27,30). The van der Waals surface area contributed by atoms with E-state index in [2.05, 4.69) is 15.6 Å². The van der Waals surface area contributed by atoms with Crippen molar-refractivity contribution in [1.82, 2.24) is 4.98 Å². The number of amides is 1. The van der Waals surface area contributed by atoms with Gasteiger partial charge in [0.05, 0.1) is 11.6 Å². The van der Waals surface area contributed by atoms with E-state index in [0.717, 1.165) is 28.9 Å². The van der Waals surface area contributed by atoms with Crippen molar-refractivity contribution in [2.75, 3.05) is 29.6 Å². The Morgan fingerprint density at radius 2 is 1.80 bits per heavy atom. The Morgan fingerprint density at radius 3 is 2.43 bits per heavy atom. The normalized spacial score (nSPS) is 11.4. The zero-order valence-corrected chi connectivity index (χ0v) is 17.4. The Balaban J connectivity index is 1.66. The van der Waals surface area contributed by atoms with Gasteiger partial charge < -0.3 is 20.3 Å². The number of aryl methyl sites for hydroxylation is 1. The molecule has 1 heterocycles. The maximum absolute atomic E-state index is 12.8. The van der Waals surface area contributed by atoms with Crippen LogP contribution in [0.2, 0.25) is 0 Å². The number of rotatable bonds is 8. The number of hydrogen-bond acceptors (Lipinski definition) is 5. The van der Waals surface area contributed by atoms with Crippen LogP contribution in [0.15, 0.2) is 66.9 Å². The molecule has 0 spiro atoms. The van der Waals surface area contributed by atoms with E-state index in [-0.39, 0.29) is 11.9 Å². The molecule has 0 bridgehead atoms. The third-order valence-corrected chi connectivity index (χ3v) is 4.69. The largest absolute Gasteiger partial charge is 0.377 e. The van der Waals surface area contributed by atoms with Gasteiger partial charge in [0.1, 0.15) is 6.29 Å². The summed E-state index contributed by atoms with van der Waals surface area (Å²) in [7, 11) is 3.83. The lowest BCUT2D eigenvalue weighted by atomic mass is 10.1. The first kappa shape index (κ1) is 21.0.